The van der Waals surface area contributed by atoms with Crippen LogP contribution in [0.3, 0.4) is 0 Å². The van der Waals surface area contributed by atoms with Crippen molar-refractivity contribution >= 4 is 46.0 Å². The normalized spacial score (nSPS) is 16.0. The Morgan fingerprint density at radius 2 is 2.03 bits per heavy atom. The number of halogens is 1. The average molecular weight is 455 g/mol. The Kier molecular flexibility index (Phi) is 5.87. The van der Waals surface area contributed by atoms with E-state index in [1.807, 2.05) is 13.0 Å². The van der Waals surface area contributed by atoms with Crippen LogP contribution >= 0.6 is 11.6 Å². The number of nitrogens with zero attached hydrogens (tertiary/aromatic N) is 3. The molecule has 2 heterocycles. The van der Waals surface area contributed by atoms with Crippen LogP contribution in [0.2, 0.25) is 5.02 Å². The Hall–Kier alpha value is -3.79. The van der Waals surface area contributed by atoms with E-state index in [9.17, 15) is 19.2 Å². The van der Waals surface area contributed by atoms with Gasteiger partial charge in [-0.2, -0.15) is 4.68 Å². The van der Waals surface area contributed by atoms with E-state index in [1.165, 1.54) is 0 Å². The Labute approximate surface area is 186 Å². The average Bonchev–Trinajstić information content (AvgIpc) is 2.76. The summed E-state index contributed by atoms with van der Waals surface area (Å²) in [5.74, 6) is -0.946. The lowest BCUT2D eigenvalue weighted by Gasteiger charge is -2.21. The number of anilines is 1. The SMILES string of the molecule is Cc1ccc(NC(=O)NCc2ccc3c(=O)n(C4CCC(=O)NC4=O)nnc3c2)cc1Cl. The Morgan fingerprint density at radius 1 is 1.22 bits per heavy atom. The molecule has 0 bridgehead atoms. The third-order valence-electron chi connectivity index (χ3n) is 5.14. The number of fused-ring (bicyclic) bond motifs is 1. The summed E-state index contributed by atoms with van der Waals surface area (Å²) in [5, 5.41) is 16.4. The number of carbonyl (C=O) groups is 3. The first-order valence-electron chi connectivity index (χ1n) is 9.84. The number of nitrogens with one attached hydrogen (secondary N) is 3. The van der Waals surface area contributed by atoms with Crippen molar-refractivity contribution in [3.8, 4) is 0 Å². The second-order valence-corrected chi connectivity index (χ2v) is 7.84. The van der Waals surface area contributed by atoms with Gasteiger partial charge in [-0.25, -0.2) is 4.79 Å². The van der Waals surface area contributed by atoms with Gasteiger partial charge in [0.1, 0.15) is 11.6 Å². The first kappa shape index (κ1) is 21.4. The summed E-state index contributed by atoms with van der Waals surface area (Å²) in [6.07, 6.45) is 0.318. The fraction of sp³-hybridized carbons (Fsp3) is 0.238. The number of amides is 4. The molecule has 0 radical (unpaired) electrons. The maximum absolute atomic E-state index is 12.8. The van der Waals surface area contributed by atoms with Gasteiger partial charge < -0.3 is 10.6 Å². The third kappa shape index (κ3) is 4.45. The van der Waals surface area contributed by atoms with Gasteiger partial charge in [0.25, 0.3) is 11.5 Å². The standard InChI is InChI=1S/C21H19ClN6O4/c1-11-2-4-13(9-15(11)22)24-21(32)23-10-12-3-5-14-16(8-12)26-27-28(20(14)31)17-6-7-18(29)25-19(17)30/h2-5,8-9,17H,6-7,10H2,1H3,(H2,23,24,32)(H,25,29,30). The van der Waals surface area contributed by atoms with Crippen LogP contribution in [0.15, 0.2) is 41.2 Å². The van der Waals surface area contributed by atoms with E-state index in [4.69, 9.17) is 11.6 Å². The number of benzene rings is 2. The molecule has 1 fully saturated rings. The van der Waals surface area contributed by atoms with E-state index < -0.39 is 23.5 Å². The minimum atomic E-state index is -0.877. The van der Waals surface area contributed by atoms with Gasteiger partial charge >= 0.3 is 6.03 Å². The second kappa shape index (κ2) is 8.75. The molecule has 1 unspecified atom stereocenters. The van der Waals surface area contributed by atoms with Crippen molar-refractivity contribution in [3.63, 3.8) is 0 Å². The zero-order chi connectivity index (χ0) is 22.8. The molecule has 3 aromatic rings. The summed E-state index contributed by atoms with van der Waals surface area (Å²) in [6.45, 7) is 2.06. The predicted molar refractivity (Wildman–Crippen MR) is 117 cm³/mol. The molecule has 164 valence electrons. The van der Waals surface area contributed by atoms with Crippen LogP contribution in [-0.4, -0.2) is 32.8 Å². The zero-order valence-corrected chi connectivity index (χ0v) is 17.8. The largest absolute Gasteiger partial charge is 0.334 e. The number of aryl methyl sites for hydroxylation is 1. The van der Waals surface area contributed by atoms with Crippen molar-refractivity contribution in [1.29, 1.82) is 0 Å². The van der Waals surface area contributed by atoms with Gasteiger partial charge in [0, 0.05) is 23.7 Å². The minimum Gasteiger partial charge on any atom is -0.334 e. The summed E-state index contributed by atoms with van der Waals surface area (Å²) in [4.78, 5) is 48.3. The summed E-state index contributed by atoms with van der Waals surface area (Å²) in [7, 11) is 0. The number of aromatic nitrogens is 3. The Balaban J connectivity index is 1.46. The molecule has 3 N–H and O–H groups in total. The molecule has 10 nitrogen and oxygen atoms in total. The summed E-state index contributed by atoms with van der Waals surface area (Å²) in [6, 6.07) is 8.83. The van der Waals surface area contributed by atoms with Crippen molar-refractivity contribution in [2.75, 3.05) is 5.32 Å². The highest BCUT2D eigenvalue weighted by Gasteiger charge is 2.30. The van der Waals surface area contributed by atoms with Gasteiger partial charge in [0.15, 0.2) is 0 Å². The molecule has 1 atom stereocenters. The monoisotopic (exact) mass is 454 g/mol. The van der Waals surface area contributed by atoms with Crippen molar-refractivity contribution in [2.24, 2.45) is 0 Å². The molecule has 0 saturated carbocycles. The van der Waals surface area contributed by atoms with Gasteiger partial charge in [0.05, 0.1) is 5.39 Å². The molecular formula is C21H19ClN6O4. The summed E-state index contributed by atoms with van der Waals surface area (Å²) in [5.41, 5.74) is 2.05. The van der Waals surface area contributed by atoms with E-state index in [-0.39, 0.29) is 30.7 Å². The van der Waals surface area contributed by atoms with Crippen molar-refractivity contribution in [2.45, 2.75) is 32.4 Å². The Bertz CT molecular complexity index is 1310. The highest BCUT2D eigenvalue weighted by molar-refractivity contribution is 6.31. The lowest BCUT2D eigenvalue weighted by atomic mass is 10.1. The molecule has 4 amide bonds. The maximum Gasteiger partial charge on any atom is 0.319 e. The number of hydrogen-bond donors (Lipinski definition) is 3. The van der Waals surface area contributed by atoms with Crippen LogP contribution < -0.4 is 21.5 Å². The van der Waals surface area contributed by atoms with Crippen LogP contribution in [0, 0.1) is 6.92 Å². The second-order valence-electron chi connectivity index (χ2n) is 7.43. The highest BCUT2D eigenvalue weighted by atomic mass is 35.5. The van der Waals surface area contributed by atoms with Crippen LogP contribution in [0.1, 0.15) is 30.0 Å². The molecule has 0 spiro atoms. The molecule has 1 saturated heterocycles. The fourth-order valence-corrected chi connectivity index (χ4v) is 3.54. The first-order chi connectivity index (χ1) is 15.3. The van der Waals surface area contributed by atoms with Crippen molar-refractivity contribution < 1.29 is 14.4 Å². The lowest BCUT2D eigenvalue weighted by molar-refractivity contribution is -0.136. The molecular weight excluding hydrogens is 436 g/mol. The molecule has 1 aliphatic heterocycles. The molecule has 32 heavy (non-hydrogen) atoms. The van der Waals surface area contributed by atoms with Gasteiger partial charge in [-0.15, -0.1) is 5.10 Å². The summed E-state index contributed by atoms with van der Waals surface area (Å²) >= 11 is 6.06. The van der Waals surface area contributed by atoms with Crippen LogP contribution in [0.4, 0.5) is 10.5 Å². The van der Waals surface area contributed by atoms with Gasteiger partial charge in [-0.3, -0.25) is 19.7 Å². The summed E-state index contributed by atoms with van der Waals surface area (Å²) < 4.78 is 1.00. The molecule has 0 aliphatic carbocycles. The number of rotatable bonds is 4. The predicted octanol–water partition coefficient (Wildman–Crippen LogP) is 2.05. The number of urea groups is 1. The Morgan fingerprint density at radius 3 is 2.78 bits per heavy atom. The molecule has 2 aromatic carbocycles. The van der Waals surface area contributed by atoms with E-state index in [0.717, 1.165) is 10.2 Å². The minimum absolute atomic E-state index is 0.129. The molecule has 11 heteroatoms. The van der Waals surface area contributed by atoms with Gasteiger partial charge in [-0.05, 0) is 48.7 Å². The van der Waals surface area contributed by atoms with Crippen LogP contribution in [-0.2, 0) is 16.1 Å². The molecule has 1 aromatic heterocycles. The number of hydrogen-bond acceptors (Lipinski definition) is 6. The molecule has 4 rings (SSSR count). The quantitative estimate of drug-likeness (QED) is 0.516. The highest BCUT2D eigenvalue weighted by Crippen LogP contribution is 2.20. The van der Waals surface area contributed by atoms with E-state index in [1.54, 1.807) is 30.3 Å². The zero-order valence-electron chi connectivity index (χ0n) is 17.0. The van der Waals surface area contributed by atoms with Crippen molar-refractivity contribution in [3.05, 3.63) is 62.9 Å². The number of imide groups is 1. The smallest absolute Gasteiger partial charge is 0.319 e. The molecule has 1 aliphatic rings. The fourth-order valence-electron chi connectivity index (χ4n) is 3.36. The first-order valence-corrected chi connectivity index (χ1v) is 10.2. The van der Waals surface area contributed by atoms with Gasteiger partial charge in [-0.1, -0.05) is 28.9 Å². The van der Waals surface area contributed by atoms with Crippen LogP contribution in [0.5, 0.6) is 0 Å². The lowest BCUT2D eigenvalue weighted by Crippen LogP contribution is -2.45. The number of carbonyl (C=O) groups excluding carboxylic acids is 3. The van der Waals surface area contributed by atoms with E-state index in [2.05, 4.69) is 26.3 Å². The van der Waals surface area contributed by atoms with Gasteiger partial charge in [0.2, 0.25) is 5.91 Å². The number of piperidine rings is 1. The van der Waals surface area contributed by atoms with E-state index in [0.29, 0.717) is 21.8 Å². The van der Waals surface area contributed by atoms with Crippen LogP contribution in [0.25, 0.3) is 10.9 Å². The van der Waals surface area contributed by atoms with Crippen molar-refractivity contribution in [1.82, 2.24) is 25.6 Å². The van der Waals surface area contributed by atoms with E-state index >= 15 is 0 Å². The topological polar surface area (TPSA) is 135 Å². The third-order valence-corrected chi connectivity index (χ3v) is 5.54. The maximum atomic E-state index is 12.8.